The van der Waals surface area contributed by atoms with Crippen molar-refractivity contribution in [1.29, 1.82) is 0 Å². The van der Waals surface area contributed by atoms with Crippen LogP contribution in [0.25, 0.3) is 17.0 Å². The van der Waals surface area contributed by atoms with Crippen molar-refractivity contribution >= 4 is 51.4 Å². The van der Waals surface area contributed by atoms with E-state index in [4.69, 9.17) is 16.6 Å². The van der Waals surface area contributed by atoms with Crippen molar-refractivity contribution in [2.24, 2.45) is 4.99 Å². The first-order valence-electron chi connectivity index (χ1n) is 12.8. The van der Waals surface area contributed by atoms with Gasteiger partial charge in [0.05, 0.1) is 18.0 Å². The first-order chi connectivity index (χ1) is 19.1. The third-order valence-corrected chi connectivity index (χ3v) is 7.98. The van der Waals surface area contributed by atoms with Crippen molar-refractivity contribution in [2.75, 3.05) is 0 Å². The molecule has 1 fully saturated rings. The predicted molar refractivity (Wildman–Crippen MR) is 163 cm³/mol. The average molecular weight is 548 g/mol. The van der Waals surface area contributed by atoms with E-state index < -0.39 is 0 Å². The SMILES string of the molecule is O=C1/C(=C\c2cn(Cc3ccc(Cl)cc3)c3ccccc23)SC(=NCc2ccccc2)N1Cc1ccccc1. The molecular formula is C33H26ClN3OS. The topological polar surface area (TPSA) is 37.6 Å². The van der Waals surface area contributed by atoms with Crippen LogP contribution in [0, 0.1) is 0 Å². The Morgan fingerprint density at radius 1 is 0.744 bits per heavy atom. The van der Waals surface area contributed by atoms with Crippen LogP contribution in [0.3, 0.4) is 0 Å². The van der Waals surface area contributed by atoms with Gasteiger partial charge in [0.15, 0.2) is 5.17 Å². The Bertz CT molecular complexity index is 1680. The fourth-order valence-corrected chi connectivity index (χ4v) is 5.82. The molecule has 0 aliphatic carbocycles. The monoisotopic (exact) mass is 547 g/mol. The molecule has 1 aliphatic heterocycles. The van der Waals surface area contributed by atoms with Gasteiger partial charge < -0.3 is 4.57 Å². The van der Waals surface area contributed by atoms with E-state index >= 15 is 0 Å². The molecule has 0 radical (unpaired) electrons. The molecule has 0 bridgehead atoms. The van der Waals surface area contributed by atoms with Crippen molar-refractivity contribution in [3.8, 4) is 0 Å². The van der Waals surface area contributed by atoms with Crippen LogP contribution in [0.4, 0.5) is 0 Å². The summed E-state index contributed by atoms with van der Waals surface area (Å²) in [5.41, 5.74) is 5.48. The van der Waals surface area contributed by atoms with Crippen molar-refractivity contribution in [2.45, 2.75) is 19.6 Å². The van der Waals surface area contributed by atoms with Crippen LogP contribution in [0.2, 0.25) is 5.02 Å². The number of aliphatic imine (C=N–C) groups is 1. The molecule has 39 heavy (non-hydrogen) atoms. The Balaban J connectivity index is 1.34. The van der Waals surface area contributed by atoms with Crippen LogP contribution in [-0.4, -0.2) is 20.5 Å². The van der Waals surface area contributed by atoms with Crippen LogP contribution in [0.1, 0.15) is 22.3 Å². The Labute approximate surface area is 237 Å². The Morgan fingerprint density at radius 2 is 1.38 bits per heavy atom. The molecule has 0 atom stereocenters. The zero-order chi connectivity index (χ0) is 26.6. The van der Waals surface area contributed by atoms with E-state index in [9.17, 15) is 4.79 Å². The Kier molecular flexibility index (Phi) is 7.35. The van der Waals surface area contributed by atoms with E-state index in [0.29, 0.717) is 24.5 Å². The third kappa shape index (κ3) is 5.70. The molecule has 1 saturated heterocycles. The second-order valence-corrected chi connectivity index (χ2v) is 10.9. The van der Waals surface area contributed by atoms with Gasteiger partial charge in [-0.05, 0) is 52.7 Å². The molecule has 6 rings (SSSR count). The molecule has 0 saturated carbocycles. The molecule has 4 nitrogen and oxygen atoms in total. The van der Waals surface area contributed by atoms with Crippen molar-refractivity contribution < 1.29 is 4.79 Å². The van der Waals surface area contributed by atoms with Gasteiger partial charge in [-0.15, -0.1) is 0 Å². The van der Waals surface area contributed by atoms with Gasteiger partial charge in [0.1, 0.15) is 0 Å². The van der Waals surface area contributed by atoms with Gasteiger partial charge in [0, 0.05) is 34.2 Å². The maximum Gasteiger partial charge on any atom is 0.267 e. The summed E-state index contributed by atoms with van der Waals surface area (Å²) in [5, 5.41) is 2.56. The summed E-state index contributed by atoms with van der Waals surface area (Å²) in [7, 11) is 0. The molecule has 5 aromatic rings. The smallest absolute Gasteiger partial charge is 0.267 e. The zero-order valence-electron chi connectivity index (χ0n) is 21.2. The highest BCUT2D eigenvalue weighted by Crippen LogP contribution is 2.35. The van der Waals surface area contributed by atoms with Gasteiger partial charge in [-0.1, -0.05) is 103 Å². The predicted octanol–water partition coefficient (Wildman–Crippen LogP) is 8.02. The lowest BCUT2D eigenvalue weighted by Gasteiger charge is -2.15. The maximum absolute atomic E-state index is 13.7. The van der Waals surface area contributed by atoms with E-state index in [1.165, 1.54) is 11.8 Å². The third-order valence-electron chi connectivity index (χ3n) is 6.68. The van der Waals surface area contributed by atoms with Crippen molar-refractivity contribution in [3.63, 3.8) is 0 Å². The highest BCUT2D eigenvalue weighted by molar-refractivity contribution is 8.18. The minimum atomic E-state index is -0.0230. The minimum Gasteiger partial charge on any atom is -0.342 e. The van der Waals surface area contributed by atoms with Crippen molar-refractivity contribution in [3.05, 3.63) is 148 Å². The average Bonchev–Trinajstić information content (AvgIpc) is 3.46. The summed E-state index contributed by atoms with van der Waals surface area (Å²) in [6.45, 7) is 1.72. The number of amidine groups is 1. The second-order valence-electron chi connectivity index (χ2n) is 9.43. The van der Waals surface area contributed by atoms with E-state index in [1.807, 2.05) is 91.0 Å². The lowest BCUT2D eigenvalue weighted by Crippen LogP contribution is -2.28. The molecule has 0 unspecified atom stereocenters. The van der Waals surface area contributed by atoms with E-state index in [2.05, 4.69) is 35.0 Å². The Morgan fingerprint density at radius 3 is 2.13 bits per heavy atom. The van der Waals surface area contributed by atoms with Gasteiger partial charge >= 0.3 is 0 Å². The molecule has 1 aliphatic rings. The molecule has 192 valence electrons. The van der Waals surface area contributed by atoms with Gasteiger partial charge in [-0.25, -0.2) is 0 Å². The fourth-order valence-electron chi connectivity index (χ4n) is 4.72. The number of hydrogen-bond donors (Lipinski definition) is 0. The fraction of sp³-hybridized carbons (Fsp3) is 0.0909. The summed E-state index contributed by atoms with van der Waals surface area (Å²) in [4.78, 5) is 21.1. The number of hydrogen-bond acceptors (Lipinski definition) is 3. The molecule has 6 heteroatoms. The normalized spacial score (nSPS) is 15.6. The number of carbonyl (C=O) groups excluding carboxylic acids is 1. The quantitative estimate of drug-likeness (QED) is 0.193. The van der Waals surface area contributed by atoms with Crippen LogP contribution >= 0.6 is 23.4 Å². The van der Waals surface area contributed by atoms with Crippen LogP contribution in [0.5, 0.6) is 0 Å². The largest absolute Gasteiger partial charge is 0.342 e. The minimum absolute atomic E-state index is 0.0230. The number of fused-ring (bicyclic) bond motifs is 1. The number of para-hydroxylation sites is 1. The van der Waals surface area contributed by atoms with E-state index in [0.717, 1.165) is 43.3 Å². The molecule has 2 heterocycles. The number of nitrogens with zero attached hydrogens (tertiary/aromatic N) is 3. The number of halogens is 1. The number of rotatable bonds is 7. The number of carbonyl (C=O) groups is 1. The summed E-state index contributed by atoms with van der Waals surface area (Å²) in [5.74, 6) is -0.0230. The first kappa shape index (κ1) is 25.2. The first-order valence-corrected chi connectivity index (χ1v) is 14.0. The highest BCUT2D eigenvalue weighted by atomic mass is 35.5. The summed E-state index contributed by atoms with van der Waals surface area (Å²) in [6.07, 6.45) is 4.14. The summed E-state index contributed by atoms with van der Waals surface area (Å²) >= 11 is 7.54. The Hall–Kier alpha value is -4.06. The van der Waals surface area contributed by atoms with Crippen LogP contribution in [-0.2, 0) is 24.4 Å². The number of benzene rings is 4. The maximum atomic E-state index is 13.7. The molecule has 1 amide bonds. The zero-order valence-corrected chi connectivity index (χ0v) is 22.8. The van der Waals surface area contributed by atoms with Crippen LogP contribution in [0.15, 0.2) is 125 Å². The van der Waals surface area contributed by atoms with E-state index in [1.54, 1.807) is 4.90 Å². The highest BCUT2D eigenvalue weighted by Gasteiger charge is 2.33. The van der Waals surface area contributed by atoms with E-state index in [-0.39, 0.29) is 5.91 Å². The number of aromatic nitrogens is 1. The van der Waals surface area contributed by atoms with Gasteiger partial charge in [0.25, 0.3) is 5.91 Å². The molecule has 4 aromatic carbocycles. The molecule has 0 N–H and O–H groups in total. The number of thioether (sulfide) groups is 1. The standard InChI is InChI=1S/C33H26ClN3OS/c34-28-17-15-26(16-18-28)21-36-23-27(29-13-7-8-14-30(29)36)19-31-32(38)37(22-25-11-5-2-6-12-25)33(39-31)35-20-24-9-3-1-4-10-24/h1-19,23H,20-22H2/b31-19+,35-33?. The van der Waals surface area contributed by atoms with Gasteiger partial charge in [-0.3, -0.25) is 14.7 Å². The van der Waals surface area contributed by atoms with Crippen molar-refractivity contribution in [1.82, 2.24) is 9.47 Å². The number of amides is 1. The second kappa shape index (κ2) is 11.4. The van der Waals surface area contributed by atoms with Gasteiger partial charge in [0.2, 0.25) is 0 Å². The van der Waals surface area contributed by atoms with Gasteiger partial charge in [-0.2, -0.15) is 0 Å². The molecule has 0 spiro atoms. The summed E-state index contributed by atoms with van der Waals surface area (Å²) in [6, 6.07) is 36.4. The molecule has 1 aromatic heterocycles. The molecular weight excluding hydrogens is 522 g/mol. The summed E-state index contributed by atoms with van der Waals surface area (Å²) < 4.78 is 2.22. The lowest BCUT2D eigenvalue weighted by atomic mass is 10.1. The van der Waals surface area contributed by atoms with Crippen LogP contribution < -0.4 is 0 Å². The lowest BCUT2D eigenvalue weighted by molar-refractivity contribution is -0.122.